The number of carbonyl (C=O) groups excluding carboxylic acids is 2. The lowest BCUT2D eigenvalue weighted by molar-refractivity contribution is -0.115. The third-order valence-corrected chi connectivity index (χ3v) is 5.22. The van der Waals surface area contributed by atoms with Gasteiger partial charge in [-0.25, -0.2) is 4.79 Å². The van der Waals surface area contributed by atoms with Gasteiger partial charge in [-0.05, 0) is 56.7 Å². The lowest BCUT2D eigenvalue weighted by Gasteiger charge is -2.16. The maximum atomic E-state index is 12.6. The molecule has 0 radical (unpaired) electrons. The molecule has 0 saturated carbocycles. The summed E-state index contributed by atoms with van der Waals surface area (Å²) < 4.78 is 15.6. The number of benzene rings is 2. The summed E-state index contributed by atoms with van der Waals surface area (Å²) in [5.74, 6) is 0.682. The molecule has 1 amide bonds. The van der Waals surface area contributed by atoms with Gasteiger partial charge in [0, 0.05) is 10.6 Å². The van der Waals surface area contributed by atoms with Gasteiger partial charge in [-0.2, -0.15) is 0 Å². The van der Waals surface area contributed by atoms with Crippen molar-refractivity contribution in [3.8, 4) is 11.5 Å². The minimum atomic E-state index is -0.399. The Hall–Kier alpha value is -2.67. The average Bonchev–Trinajstić information content (AvgIpc) is 2.69. The molecule has 0 aliphatic carbocycles. The highest BCUT2D eigenvalue weighted by Crippen LogP contribution is 2.34. The van der Waals surface area contributed by atoms with Crippen molar-refractivity contribution in [2.75, 3.05) is 26.1 Å². The quantitative estimate of drug-likeness (QED) is 0.523. The van der Waals surface area contributed by atoms with Crippen molar-refractivity contribution in [2.45, 2.75) is 30.9 Å². The molecule has 0 aromatic heterocycles. The molecule has 0 fully saturated rings. The number of hydrogen-bond donors (Lipinski definition) is 1. The van der Waals surface area contributed by atoms with E-state index in [-0.39, 0.29) is 11.2 Å². The monoisotopic (exact) mass is 403 g/mol. The van der Waals surface area contributed by atoms with Gasteiger partial charge in [0.15, 0.2) is 11.5 Å². The molecule has 150 valence electrons. The van der Waals surface area contributed by atoms with Gasteiger partial charge in [-0.15, -0.1) is 11.8 Å². The van der Waals surface area contributed by atoms with Crippen molar-refractivity contribution < 1.29 is 23.8 Å². The zero-order chi connectivity index (χ0) is 20.7. The zero-order valence-corrected chi connectivity index (χ0v) is 17.5. The van der Waals surface area contributed by atoms with E-state index in [1.807, 2.05) is 19.1 Å². The van der Waals surface area contributed by atoms with E-state index in [9.17, 15) is 9.59 Å². The van der Waals surface area contributed by atoms with E-state index >= 15 is 0 Å². The normalized spacial score (nSPS) is 11.5. The SMILES string of the molecule is CCOC(=O)c1cccc(NC(=O)[C@@H](C)Sc2ccc(OC)c(OC)c2)c1C. The summed E-state index contributed by atoms with van der Waals surface area (Å²) >= 11 is 1.40. The standard InChI is InChI=1S/C21H25NO5S/c1-6-27-21(24)16-8-7-9-17(13(16)2)22-20(23)14(3)28-15-10-11-18(25-4)19(12-15)26-5/h7-12,14H,6H2,1-5H3,(H,22,23)/t14-/m1/s1. The first-order valence-corrected chi connectivity index (χ1v) is 9.75. The van der Waals surface area contributed by atoms with E-state index in [0.717, 1.165) is 4.90 Å². The second-order valence-corrected chi connectivity index (χ2v) is 7.38. The lowest BCUT2D eigenvalue weighted by atomic mass is 10.1. The Morgan fingerprint density at radius 3 is 2.46 bits per heavy atom. The molecule has 0 heterocycles. The highest BCUT2D eigenvalue weighted by molar-refractivity contribution is 8.00. The molecule has 7 heteroatoms. The molecule has 2 rings (SSSR count). The summed E-state index contributed by atoms with van der Waals surface area (Å²) in [6.45, 7) is 5.66. The van der Waals surface area contributed by atoms with E-state index in [1.54, 1.807) is 52.3 Å². The molecule has 1 N–H and O–H groups in total. The molecule has 1 atom stereocenters. The second kappa shape index (κ2) is 10.0. The maximum absolute atomic E-state index is 12.6. The van der Waals surface area contributed by atoms with E-state index < -0.39 is 5.97 Å². The first-order chi connectivity index (χ1) is 13.4. The van der Waals surface area contributed by atoms with Crippen LogP contribution in [0, 0.1) is 6.92 Å². The topological polar surface area (TPSA) is 73.9 Å². The Bertz CT molecular complexity index is 853. The number of carbonyl (C=O) groups is 2. The summed E-state index contributed by atoms with van der Waals surface area (Å²) in [4.78, 5) is 25.6. The first kappa shape index (κ1) is 21.6. The van der Waals surface area contributed by atoms with Crippen molar-refractivity contribution in [1.29, 1.82) is 0 Å². The fourth-order valence-electron chi connectivity index (χ4n) is 2.58. The average molecular weight is 404 g/mol. The molecular weight excluding hydrogens is 378 g/mol. The minimum Gasteiger partial charge on any atom is -0.493 e. The number of anilines is 1. The molecule has 0 saturated heterocycles. The highest BCUT2D eigenvalue weighted by atomic mass is 32.2. The van der Waals surface area contributed by atoms with Crippen LogP contribution in [0.5, 0.6) is 11.5 Å². The van der Waals surface area contributed by atoms with Crippen molar-refractivity contribution in [3.05, 3.63) is 47.5 Å². The van der Waals surface area contributed by atoms with Crippen molar-refractivity contribution in [2.24, 2.45) is 0 Å². The second-order valence-electron chi connectivity index (χ2n) is 5.96. The van der Waals surface area contributed by atoms with E-state index in [1.165, 1.54) is 11.8 Å². The third-order valence-electron chi connectivity index (χ3n) is 4.12. The predicted octanol–water partition coefficient (Wildman–Crippen LogP) is 4.31. The van der Waals surface area contributed by atoms with Gasteiger partial charge in [0.2, 0.25) is 5.91 Å². The first-order valence-electron chi connectivity index (χ1n) is 8.87. The van der Waals surface area contributed by atoms with Gasteiger partial charge in [-0.3, -0.25) is 4.79 Å². The number of methoxy groups -OCH3 is 2. The minimum absolute atomic E-state index is 0.163. The summed E-state index contributed by atoms with van der Waals surface area (Å²) in [5, 5.41) is 2.54. The summed E-state index contributed by atoms with van der Waals surface area (Å²) in [5.41, 5.74) is 1.72. The van der Waals surface area contributed by atoms with Gasteiger partial charge in [0.25, 0.3) is 0 Å². The number of amides is 1. The van der Waals surface area contributed by atoms with Gasteiger partial charge < -0.3 is 19.5 Å². The van der Waals surface area contributed by atoms with Crippen LogP contribution in [-0.2, 0) is 9.53 Å². The van der Waals surface area contributed by atoms with Crippen LogP contribution in [0.15, 0.2) is 41.3 Å². The molecule has 0 bridgehead atoms. The largest absolute Gasteiger partial charge is 0.493 e. The molecule has 0 aliphatic rings. The molecule has 0 aliphatic heterocycles. The molecule has 2 aromatic rings. The number of nitrogens with one attached hydrogen (secondary N) is 1. The van der Waals surface area contributed by atoms with Gasteiger partial charge in [-0.1, -0.05) is 6.07 Å². The summed E-state index contributed by atoms with van der Waals surface area (Å²) in [6, 6.07) is 10.7. The van der Waals surface area contributed by atoms with Crippen LogP contribution in [0.3, 0.4) is 0 Å². The van der Waals surface area contributed by atoms with Crippen LogP contribution >= 0.6 is 11.8 Å². The molecule has 6 nitrogen and oxygen atoms in total. The van der Waals surface area contributed by atoms with Crippen LogP contribution in [0.4, 0.5) is 5.69 Å². The van der Waals surface area contributed by atoms with Gasteiger partial charge in [0.05, 0.1) is 31.6 Å². The number of rotatable bonds is 8. The molecule has 28 heavy (non-hydrogen) atoms. The number of hydrogen-bond acceptors (Lipinski definition) is 6. The van der Waals surface area contributed by atoms with Crippen LogP contribution in [0.2, 0.25) is 0 Å². The molecule has 0 spiro atoms. The van der Waals surface area contributed by atoms with E-state index in [0.29, 0.717) is 34.9 Å². The van der Waals surface area contributed by atoms with Crippen molar-refractivity contribution in [1.82, 2.24) is 0 Å². The zero-order valence-electron chi connectivity index (χ0n) is 16.7. The van der Waals surface area contributed by atoms with E-state index in [2.05, 4.69) is 5.32 Å². The van der Waals surface area contributed by atoms with Crippen molar-refractivity contribution in [3.63, 3.8) is 0 Å². The lowest BCUT2D eigenvalue weighted by Crippen LogP contribution is -2.23. The Labute approximate surface area is 169 Å². The smallest absolute Gasteiger partial charge is 0.338 e. The van der Waals surface area contributed by atoms with Gasteiger partial charge in [0.1, 0.15) is 0 Å². The Balaban J connectivity index is 2.11. The fourth-order valence-corrected chi connectivity index (χ4v) is 3.48. The highest BCUT2D eigenvalue weighted by Gasteiger charge is 2.19. The van der Waals surface area contributed by atoms with Crippen LogP contribution in [0.25, 0.3) is 0 Å². The van der Waals surface area contributed by atoms with Crippen molar-refractivity contribution >= 4 is 29.3 Å². The molecular formula is C21H25NO5S. The van der Waals surface area contributed by atoms with Crippen LogP contribution in [0.1, 0.15) is 29.8 Å². The third kappa shape index (κ3) is 5.19. The molecule has 0 unspecified atom stereocenters. The number of ether oxygens (including phenoxy) is 3. The summed E-state index contributed by atoms with van der Waals surface area (Å²) in [7, 11) is 3.15. The number of thioether (sulfide) groups is 1. The Morgan fingerprint density at radius 2 is 1.82 bits per heavy atom. The maximum Gasteiger partial charge on any atom is 0.338 e. The van der Waals surface area contributed by atoms with Crippen LogP contribution < -0.4 is 14.8 Å². The van der Waals surface area contributed by atoms with E-state index in [4.69, 9.17) is 14.2 Å². The number of esters is 1. The Kier molecular flexibility index (Phi) is 7.75. The molecule has 2 aromatic carbocycles. The predicted molar refractivity (Wildman–Crippen MR) is 111 cm³/mol. The fraction of sp³-hybridized carbons (Fsp3) is 0.333. The van der Waals surface area contributed by atoms with Crippen LogP contribution in [-0.4, -0.2) is 38.0 Å². The summed E-state index contributed by atoms with van der Waals surface area (Å²) in [6.07, 6.45) is 0. The van der Waals surface area contributed by atoms with Gasteiger partial charge >= 0.3 is 5.97 Å². The Morgan fingerprint density at radius 1 is 1.11 bits per heavy atom.